The van der Waals surface area contributed by atoms with Crippen molar-refractivity contribution in [2.45, 2.75) is 125 Å². The zero-order chi connectivity index (χ0) is 28.0. The third-order valence-corrected chi connectivity index (χ3v) is 6.69. The van der Waals surface area contributed by atoms with Crippen LogP contribution in [0.3, 0.4) is 0 Å². The molecule has 3 amide bonds. The fourth-order valence-electron chi connectivity index (χ4n) is 3.93. The molecule has 0 heterocycles. The maximum atomic E-state index is 14.4. The number of alkyl carbamates (subject to hydrolysis) is 1. The highest BCUT2D eigenvalue weighted by Gasteiger charge is 2.44. The highest BCUT2D eigenvalue weighted by molar-refractivity contribution is 5.93. The van der Waals surface area contributed by atoms with Crippen LogP contribution in [0.5, 0.6) is 0 Å². The minimum absolute atomic E-state index is 0.0986. The largest absolute Gasteiger partial charge is 0.444 e. The number of carbonyl (C=O) groups excluding carboxylic acids is 3. The van der Waals surface area contributed by atoms with E-state index in [0.29, 0.717) is 12.8 Å². The molecule has 0 aliphatic rings. The molecule has 204 valence electrons. The van der Waals surface area contributed by atoms with Crippen LogP contribution in [0.25, 0.3) is 0 Å². The number of amides is 3. The maximum Gasteiger partial charge on any atom is 0.408 e. The van der Waals surface area contributed by atoms with Crippen molar-refractivity contribution in [3.05, 3.63) is 34.9 Å². The minimum atomic E-state index is -0.860. The van der Waals surface area contributed by atoms with E-state index in [2.05, 4.69) is 10.6 Å². The standard InChI is InChI=1S/C29H49N3O4/c1-13-19(5)23(31-27(35)36-28(8,9)10)26(34)32(29(11,12)14-2)24(25(33)30-18(3)4)22-16-15-20(6)21(7)17-22/h15-19,23-24H,13-14H2,1-12H3,(H,30,33)(H,31,35). The van der Waals surface area contributed by atoms with Crippen LogP contribution >= 0.6 is 0 Å². The van der Waals surface area contributed by atoms with Gasteiger partial charge in [0.05, 0.1) is 0 Å². The third-order valence-electron chi connectivity index (χ3n) is 6.69. The molecule has 0 saturated carbocycles. The molecule has 7 heteroatoms. The Kier molecular flexibility index (Phi) is 11.0. The second-order valence-electron chi connectivity index (χ2n) is 11.8. The molecular formula is C29H49N3O4. The molecule has 1 aromatic carbocycles. The second kappa shape index (κ2) is 12.6. The van der Waals surface area contributed by atoms with Crippen molar-refractivity contribution < 1.29 is 19.1 Å². The second-order valence-corrected chi connectivity index (χ2v) is 11.8. The normalized spacial score (nSPS) is 14.6. The summed E-state index contributed by atoms with van der Waals surface area (Å²) in [5.41, 5.74) is 1.52. The molecule has 0 aliphatic carbocycles. The van der Waals surface area contributed by atoms with Gasteiger partial charge in [-0.2, -0.15) is 0 Å². The van der Waals surface area contributed by atoms with E-state index in [9.17, 15) is 14.4 Å². The van der Waals surface area contributed by atoms with E-state index >= 15 is 0 Å². The summed E-state index contributed by atoms with van der Waals surface area (Å²) < 4.78 is 5.48. The Bertz CT molecular complexity index is 918. The smallest absolute Gasteiger partial charge is 0.408 e. The monoisotopic (exact) mass is 503 g/mol. The van der Waals surface area contributed by atoms with Crippen LogP contribution < -0.4 is 10.6 Å². The van der Waals surface area contributed by atoms with Crippen molar-refractivity contribution in [2.24, 2.45) is 5.92 Å². The Hall–Kier alpha value is -2.57. The number of nitrogens with zero attached hydrogens (tertiary/aromatic N) is 1. The summed E-state index contributed by atoms with van der Waals surface area (Å²) in [5, 5.41) is 5.84. The lowest BCUT2D eigenvalue weighted by Gasteiger charge is -2.45. The first-order valence-corrected chi connectivity index (χ1v) is 13.1. The van der Waals surface area contributed by atoms with Crippen LogP contribution in [0.1, 0.15) is 105 Å². The summed E-state index contributed by atoms with van der Waals surface area (Å²) in [6.45, 7) is 23.0. The van der Waals surface area contributed by atoms with Gasteiger partial charge in [-0.25, -0.2) is 4.79 Å². The van der Waals surface area contributed by atoms with E-state index in [1.807, 2.05) is 80.5 Å². The summed E-state index contributed by atoms with van der Waals surface area (Å²) in [4.78, 5) is 42.5. The molecule has 0 aliphatic heterocycles. The Morgan fingerprint density at radius 3 is 1.97 bits per heavy atom. The fraction of sp³-hybridized carbons (Fsp3) is 0.690. The van der Waals surface area contributed by atoms with Gasteiger partial charge >= 0.3 is 6.09 Å². The SMILES string of the molecule is CCC(C)C(NC(=O)OC(C)(C)C)C(=O)N(C(C(=O)NC(C)C)c1ccc(C)c(C)c1)C(C)(C)CC. The molecule has 0 aromatic heterocycles. The molecule has 0 saturated heterocycles. The predicted octanol–water partition coefficient (Wildman–Crippen LogP) is 5.83. The molecule has 36 heavy (non-hydrogen) atoms. The van der Waals surface area contributed by atoms with E-state index in [0.717, 1.165) is 16.7 Å². The van der Waals surface area contributed by atoms with Crippen LogP contribution in [-0.4, -0.2) is 46.0 Å². The van der Waals surface area contributed by atoms with Crippen molar-refractivity contribution in [1.29, 1.82) is 0 Å². The van der Waals surface area contributed by atoms with Gasteiger partial charge in [-0.15, -0.1) is 0 Å². The van der Waals surface area contributed by atoms with Crippen molar-refractivity contribution in [3.63, 3.8) is 0 Å². The topological polar surface area (TPSA) is 87.7 Å². The van der Waals surface area contributed by atoms with E-state index < -0.39 is 29.3 Å². The highest BCUT2D eigenvalue weighted by Crippen LogP contribution is 2.34. The van der Waals surface area contributed by atoms with Crippen molar-refractivity contribution in [1.82, 2.24) is 15.5 Å². The summed E-state index contributed by atoms with van der Waals surface area (Å²) in [6, 6.07) is 4.06. The number of nitrogens with one attached hydrogen (secondary N) is 2. The molecule has 7 nitrogen and oxygen atoms in total. The Labute approximate surface area is 218 Å². The fourth-order valence-corrected chi connectivity index (χ4v) is 3.93. The lowest BCUT2D eigenvalue weighted by Crippen LogP contribution is -2.61. The maximum absolute atomic E-state index is 14.4. The molecule has 0 spiro atoms. The molecule has 3 unspecified atom stereocenters. The summed E-state index contributed by atoms with van der Waals surface area (Å²) in [7, 11) is 0. The molecular weight excluding hydrogens is 454 g/mol. The van der Waals surface area contributed by atoms with Crippen molar-refractivity contribution in [2.75, 3.05) is 0 Å². The van der Waals surface area contributed by atoms with Gasteiger partial charge in [0.15, 0.2) is 0 Å². The minimum Gasteiger partial charge on any atom is -0.444 e. The first-order valence-electron chi connectivity index (χ1n) is 13.1. The van der Waals surface area contributed by atoms with Gasteiger partial charge in [-0.3, -0.25) is 9.59 Å². The van der Waals surface area contributed by atoms with Gasteiger partial charge in [0.25, 0.3) is 0 Å². The highest BCUT2D eigenvalue weighted by atomic mass is 16.6. The van der Waals surface area contributed by atoms with Gasteiger partial charge in [0.1, 0.15) is 17.7 Å². The Morgan fingerprint density at radius 2 is 1.53 bits per heavy atom. The average molecular weight is 504 g/mol. The zero-order valence-electron chi connectivity index (χ0n) is 24.5. The number of ether oxygens (including phenoxy) is 1. The molecule has 1 rings (SSSR count). The summed E-state index contributed by atoms with van der Waals surface area (Å²) in [6.07, 6.45) is 0.637. The molecule has 2 N–H and O–H groups in total. The Morgan fingerprint density at radius 1 is 0.944 bits per heavy atom. The van der Waals surface area contributed by atoms with Crippen LogP contribution in [0.2, 0.25) is 0 Å². The number of rotatable bonds is 10. The third kappa shape index (κ3) is 8.52. The van der Waals surface area contributed by atoms with Crippen molar-refractivity contribution >= 4 is 17.9 Å². The zero-order valence-corrected chi connectivity index (χ0v) is 24.5. The van der Waals surface area contributed by atoms with Gasteiger partial charge < -0.3 is 20.3 Å². The van der Waals surface area contributed by atoms with Gasteiger partial charge in [-0.05, 0) is 91.3 Å². The first kappa shape index (κ1) is 31.5. The van der Waals surface area contributed by atoms with E-state index in [4.69, 9.17) is 4.74 Å². The first-order chi connectivity index (χ1) is 16.4. The molecule has 0 fully saturated rings. The van der Waals surface area contributed by atoms with Crippen LogP contribution in [0, 0.1) is 19.8 Å². The van der Waals surface area contributed by atoms with Crippen LogP contribution in [-0.2, 0) is 14.3 Å². The van der Waals surface area contributed by atoms with E-state index in [1.165, 1.54) is 0 Å². The summed E-state index contributed by atoms with van der Waals surface area (Å²) in [5.74, 6) is -0.721. The Balaban J connectivity index is 3.72. The molecule has 3 atom stereocenters. The van der Waals surface area contributed by atoms with Crippen molar-refractivity contribution in [3.8, 4) is 0 Å². The molecule has 0 bridgehead atoms. The van der Waals surface area contributed by atoms with Gasteiger partial charge in [0, 0.05) is 11.6 Å². The molecule has 0 radical (unpaired) electrons. The number of hydrogen-bond donors (Lipinski definition) is 2. The number of hydrogen-bond acceptors (Lipinski definition) is 4. The quantitative estimate of drug-likeness (QED) is 0.421. The van der Waals surface area contributed by atoms with Crippen LogP contribution in [0.15, 0.2) is 18.2 Å². The van der Waals surface area contributed by atoms with E-state index in [-0.39, 0.29) is 23.8 Å². The molecule has 1 aromatic rings. The lowest BCUT2D eigenvalue weighted by atomic mass is 9.88. The van der Waals surface area contributed by atoms with E-state index in [1.54, 1.807) is 25.7 Å². The number of benzene rings is 1. The number of carbonyl (C=O) groups is 3. The predicted molar refractivity (Wildman–Crippen MR) is 146 cm³/mol. The summed E-state index contributed by atoms with van der Waals surface area (Å²) >= 11 is 0. The average Bonchev–Trinajstić information content (AvgIpc) is 2.74. The van der Waals surface area contributed by atoms with Crippen LogP contribution in [0.4, 0.5) is 4.79 Å². The van der Waals surface area contributed by atoms with Gasteiger partial charge in [-0.1, -0.05) is 45.4 Å². The van der Waals surface area contributed by atoms with Gasteiger partial charge in [0.2, 0.25) is 11.8 Å². The lowest BCUT2D eigenvalue weighted by molar-refractivity contribution is -0.150. The number of aryl methyl sites for hydroxylation is 2.